The number of amides is 2. The van der Waals surface area contributed by atoms with Crippen molar-refractivity contribution in [2.75, 3.05) is 13.3 Å². The van der Waals surface area contributed by atoms with E-state index in [1.54, 1.807) is 0 Å². The lowest BCUT2D eigenvalue weighted by atomic mass is 9.49. The van der Waals surface area contributed by atoms with Crippen LogP contribution in [0.25, 0.3) is 0 Å². The summed E-state index contributed by atoms with van der Waals surface area (Å²) in [6.45, 7) is 0.650. The Bertz CT molecular complexity index is 870. The second kappa shape index (κ2) is 8.18. The van der Waals surface area contributed by atoms with Crippen LogP contribution in [0.2, 0.25) is 0 Å². The molecule has 0 aromatic heterocycles. The number of ether oxygens (including phenoxy) is 2. The molecule has 1 aromatic rings. The number of rotatable bonds is 5. The minimum atomic E-state index is -0.328. The summed E-state index contributed by atoms with van der Waals surface area (Å²) in [7, 11) is 0. The molecule has 4 fully saturated rings. The first kappa shape index (κ1) is 20.4. The van der Waals surface area contributed by atoms with Crippen molar-refractivity contribution in [2.24, 2.45) is 23.2 Å². The Morgan fingerprint density at radius 3 is 2.35 bits per heavy atom. The van der Waals surface area contributed by atoms with Gasteiger partial charge in [0.25, 0.3) is 5.91 Å². The van der Waals surface area contributed by atoms with Crippen LogP contribution in [0.15, 0.2) is 18.2 Å². The molecule has 0 saturated heterocycles. The summed E-state index contributed by atoms with van der Waals surface area (Å²) in [6.07, 6.45) is 6.81. The molecular formula is C22H28N4O4S. The van der Waals surface area contributed by atoms with Gasteiger partial charge in [0.1, 0.15) is 0 Å². The van der Waals surface area contributed by atoms with Crippen molar-refractivity contribution in [3.05, 3.63) is 23.8 Å². The molecule has 0 radical (unpaired) electrons. The first-order valence-electron chi connectivity index (χ1n) is 11.0. The van der Waals surface area contributed by atoms with Crippen molar-refractivity contribution < 1.29 is 19.1 Å². The lowest BCUT2D eigenvalue weighted by molar-refractivity contribution is -0.147. The van der Waals surface area contributed by atoms with Crippen LogP contribution in [0.5, 0.6) is 11.5 Å². The molecule has 31 heavy (non-hydrogen) atoms. The zero-order valence-electron chi connectivity index (χ0n) is 17.4. The van der Waals surface area contributed by atoms with E-state index in [1.807, 2.05) is 18.2 Å². The Labute approximate surface area is 186 Å². The van der Waals surface area contributed by atoms with Gasteiger partial charge in [-0.2, -0.15) is 0 Å². The highest BCUT2D eigenvalue weighted by Crippen LogP contribution is 2.60. The van der Waals surface area contributed by atoms with Crippen LogP contribution in [0.3, 0.4) is 0 Å². The van der Waals surface area contributed by atoms with Gasteiger partial charge in [-0.1, -0.05) is 6.07 Å². The van der Waals surface area contributed by atoms with Crippen LogP contribution in [0.4, 0.5) is 0 Å². The highest BCUT2D eigenvalue weighted by molar-refractivity contribution is 7.80. The van der Waals surface area contributed by atoms with E-state index in [0.29, 0.717) is 35.2 Å². The number of thiocarbonyl (C=S) groups is 1. The van der Waals surface area contributed by atoms with Gasteiger partial charge in [-0.05, 0) is 86.2 Å². The zero-order chi connectivity index (χ0) is 21.4. The third-order valence-electron chi connectivity index (χ3n) is 7.13. The van der Waals surface area contributed by atoms with Gasteiger partial charge >= 0.3 is 0 Å². The van der Waals surface area contributed by atoms with Gasteiger partial charge in [0.15, 0.2) is 16.6 Å². The monoisotopic (exact) mass is 444 g/mol. The maximum atomic E-state index is 12.9. The van der Waals surface area contributed by atoms with Crippen LogP contribution in [-0.4, -0.2) is 30.3 Å². The lowest BCUT2D eigenvalue weighted by Gasteiger charge is -2.55. The quantitative estimate of drug-likeness (QED) is 0.405. The normalized spacial score (nSPS) is 29.4. The van der Waals surface area contributed by atoms with Crippen molar-refractivity contribution in [3.63, 3.8) is 0 Å². The summed E-state index contributed by atoms with van der Waals surface area (Å²) in [5, 5.41) is 6.18. The highest BCUT2D eigenvalue weighted by Gasteiger charge is 2.54. The molecule has 9 heteroatoms. The molecule has 5 aliphatic rings. The second-order valence-electron chi connectivity index (χ2n) is 9.42. The lowest BCUT2D eigenvalue weighted by Crippen LogP contribution is -2.55. The number of benzene rings is 1. The van der Waals surface area contributed by atoms with E-state index in [4.69, 9.17) is 21.7 Å². The predicted octanol–water partition coefficient (Wildman–Crippen LogP) is 1.74. The minimum absolute atomic E-state index is 0.0465. The molecule has 4 bridgehead atoms. The van der Waals surface area contributed by atoms with Gasteiger partial charge in [0, 0.05) is 12.0 Å². The van der Waals surface area contributed by atoms with Gasteiger partial charge in [0.2, 0.25) is 12.7 Å². The minimum Gasteiger partial charge on any atom is -0.454 e. The third-order valence-corrected chi connectivity index (χ3v) is 7.38. The van der Waals surface area contributed by atoms with Gasteiger partial charge in [-0.15, -0.1) is 0 Å². The molecule has 0 atom stereocenters. The van der Waals surface area contributed by atoms with Gasteiger partial charge < -0.3 is 20.1 Å². The maximum Gasteiger partial charge on any atom is 0.257 e. The van der Waals surface area contributed by atoms with Crippen molar-refractivity contribution in [2.45, 2.75) is 45.1 Å². The highest BCUT2D eigenvalue weighted by atomic mass is 32.1. The van der Waals surface area contributed by atoms with Crippen molar-refractivity contribution in [1.29, 1.82) is 0 Å². The molecule has 4 saturated carbocycles. The third kappa shape index (κ3) is 4.28. The van der Waals surface area contributed by atoms with Gasteiger partial charge in [-0.25, -0.2) is 0 Å². The Kier molecular flexibility index (Phi) is 5.37. The Hall–Kier alpha value is -2.55. The van der Waals surface area contributed by atoms with Crippen LogP contribution in [0.1, 0.15) is 44.1 Å². The number of fused-ring (bicyclic) bond motifs is 1. The summed E-state index contributed by atoms with van der Waals surface area (Å²) in [5.41, 5.74) is 5.94. The van der Waals surface area contributed by atoms with Crippen molar-refractivity contribution in [3.8, 4) is 11.5 Å². The van der Waals surface area contributed by atoms with E-state index in [-0.39, 0.29) is 30.6 Å². The number of carbonyl (C=O) groups excluding carboxylic acids is 2. The summed E-state index contributed by atoms with van der Waals surface area (Å²) in [4.78, 5) is 25.1. The summed E-state index contributed by atoms with van der Waals surface area (Å²) < 4.78 is 10.7. The molecule has 166 valence electrons. The Morgan fingerprint density at radius 1 is 0.968 bits per heavy atom. The average molecular weight is 445 g/mol. The molecule has 0 spiro atoms. The average Bonchev–Trinajstić information content (AvgIpc) is 3.21. The SMILES string of the molecule is O=C(CNC(=O)C12CC3CC(CC(C3)C1)C2)NNC(=S)NCc1ccc2c(c1)OCO2. The molecule has 4 N–H and O–H groups in total. The molecular weight excluding hydrogens is 416 g/mol. The van der Waals surface area contributed by atoms with E-state index in [2.05, 4.69) is 21.5 Å². The van der Waals surface area contributed by atoms with E-state index < -0.39 is 0 Å². The topological polar surface area (TPSA) is 101 Å². The molecule has 2 amide bonds. The smallest absolute Gasteiger partial charge is 0.257 e. The standard InChI is InChI=1S/C22H28N4O4S/c27-19(11-23-20(28)22-7-14-3-15(8-22)5-16(4-14)9-22)25-26-21(31)24-10-13-1-2-17-18(6-13)30-12-29-17/h1-2,6,14-16H,3-5,7-12H2,(H,23,28)(H,25,27)(H2,24,26,31). The fourth-order valence-electron chi connectivity index (χ4n) is 6.18. The molecule has 0 unspecified atom stereocenters. The van der Waals surface area contributed by atoms with E-state index in [0.717, 1.165) is 30.6 Å². The molecule has 6 rings (SSSR count). The Balaban J connectivity index is 1.03. The molecule has 4 aliphatic carbocycles. The van der Waals surface area contributed by atoms with E-state index >= 15 is 0 Å². The molecule has 1 aromatic carbocycles. The van der Waals surface area contributed by atoms with Crippen LogP contribution >= 0.6 is 12.2 Å². The zero-order valence-corrected chi connectivity index (χ0v) is 18.2. The fourth-order valence-corrected chi connectivity index (χ4v) is 6.31. The van der Waals surface area contributed by atoms with Crippen LogP contribution in [0, 0.1) is 23.2 Å². The predicted molar refractivity (Wildman–Crippen MR) is 117 cm³/mol. The number of nitrogens with one attached hydrogen (secondary N) is 4. The van der Waals surface area contributed by atoms with Crippen LogP contribution in [-0.2, 0) is 16.1 Å². The number of hydrogen-bond acceptors (Lipinski definition) is 5. The number of carbonyl (C=O) groups is 2. The molecule has 8 nitrogen and oxygen atoms in total. The maximum absolute atomic E-state index is 12.9. The molecule has 1 heterocycles. The van der Waals surface area contributed by atoms with Gasteiger partial charge in [0.05, 0.1) is 6.54 Å². The van der Waals surface area contributed by atoms with Crippen molar-refractivity contribution >= 4 is 29.1 Å². The Morgan fingerprint density at radius 2 is 1.65 bits per heavy atom. The summed E-state index contributed by atoms with van der Waals surface area (Å²) >= 11 is 5.20. The number of hydrazine groups is 1. The van der Waals surface area contributed by atoms with Crippen molar-refractivity contribution in [1.82, 2.24) is 21.5 Å². The summed E-state index contributed by atoms with van der Waals surface area (Å²) in [6, 6.07) is 5.66. The largest absolute Gasteiger partial charge is 0.454 e. The first-order chi connectivity index (χ1) is 15.0. The number of hydrogen-bond donors (Lipinski definition) is 4. The van der Waals surface area contributed by atoms with Gasteiger partial charge in [-0.3, -0.25) is 20.4 Å². The second-order valence-corrected chi connectivity index (χ2v) is 9.83. The summed E-state index contributed by atoms with van der Waals surface area (Å²) in [5.74, 6) is 3.24. The van der Waals surface area contributed by atoms with Crippen LogP contribution < -0.4 is 31.0 Å². The van der Waals surface area contributed by atoms with E-state index in [9.17, 15) is 9.59 Å². The first-order valence-corrected chi connectivity index (χ1v) is 11.4. The van der Waals surface area contributed by atoms with E-state index in [1.165, 1.54) is 19.3 Å². The molecule has 1 aliphatic heterocycles. The fraction of sp³-hybridized carbons (Fsp3) is 0.591.